The van der Waals surface area contributed by atoms with Gasteiger partial charge in [-0.15, -0.1) is 0 Å². The van der Waals surface area contributed by atoms with Crippen LogP contribution in [0.2, 0.25) is 0 Å². The Hall–Kier alpha value is -1.66. The predicted molar refractivity (Wildman–Crippen MR) is 301 cm³/mol. The van der Waals surface area contributed by atoms with Crippen molar-refractivity contribution in [2.24, 2.45) is 0 Å². The molecule has 0 spiro atoms. The maximum absolute atomic E-state index is 12.5. The molecule has 0 aliphatic heterocycles. The van der Waals surface area contributed by atoms with Gasteiger partial charge >= 0.3 is 5.97 Å². The van der Waals surface area contributed by atoms with Gasteiger partial charge < -0.3 is 20.3 Å². The molecule has 0 heterocycles. The van der Waals surface area contributed by atoms with Gasteiger partial charge in [0.15, 0.2) is 0 Å². The van der Waals surface area contributed by atoms with Crippen LogP contribution in [0.25, 0.3) is 0 Å². The van der Waals surface area contributed by atoms with Crippen LogP contribution < -0.4 is 5.32 Å². The van der Waals surface area contributed by atoms with E-state index in [0.29, 0.717) is 19.4 Å². The molecule has 6 heteroatoms. The lowest BCUT2D eigenvalue weighted by molar-refractivity contribution is -0.143. The van der Waals surface area contributed by atoms with Gasteiger partial charge in [0.1, 0.15) is 0 Å². The van der Waals surface area contributed by atoms with Gasteiger partial charge in [0.05, 0.1) is 25.4 Å². The molecule has 0 aromatic carbocycles. The van der Waals surface area contributed by atoms with E-state index in [-0.39, 0.29) is 18.5 Å². The van der Waals surface area contributed by atoms with Crippen molar-refractivity contribution in [2.75, 3.05) is 13.2 Å². The van der Waals surface area contributed by atoms with Crippen LogP contribution in [0, 0.1) is 0 Å². The fraction of sp³-hybridized carbons (Fsp3) is 0.905. The molecule has 6 nitrogen and oxygen atoms in total. The smallest absolute Gasteiger partial charge is 0.305 e. The lowest BCUT2D eigenvalue weighted by atomic mass is 10.0. The molecule has 2 atom stereocenters. The summed E-state index contributed by atoms with van der Waals surface area (Å²) in [6, 6.07) is -0.630. The highest BCUT2D eigenvalue weighted by Crippen LogP contribution is 2.18. The van der Waals surface area contributed by atoms with Crippen LogP contribution in [0.3, 0.4) is 0 Å². The number of aliphatic hydroxyl groups excluding tert-OH is 2. The minimum Gasteiger partial charge on any atom is -0.466 e. The highest BCUT2D eigenvalue weighted by Gasteiger charge is 2.18. The number of allylic oxidation sites excluding steroid dienone is 3. The van der Waals surface area contributed by atoms with Crippen molar-refractivity contribution in [3.8, 4) is 0 Å². The van der Waals surface area contributed by atoms with Gasteiger partial charge in [-0.1, -0.05) is 295 Å². The summed E-state index contributed by atoms with van der Waals surface area (Å²) >= 11 is 0. The van der Waals surface area contributed by atoms with Gasteiger partial charge in [0, 0.05) is 12.8 Å². The monoisotopic (exact) mass is 972 g/mol. The van der Waals surface area contributed by atoms with E-state index in [2.05, 4.69) is 31.3 Å². The zero-order valence-corrected chi connectivity index (χ0v) is 46.6. The number of hydrogen-bond donors (Lipinski definition) is 3. The highest BCUT2D eigenvalue weighted by molar-refractivity contribution is 5.76. The summed E-state index contributed by atoms with van der Waals surface area (Å²) in [5.41, 5.74) is 0. The number of ether oxygens (including phenoxy) is 1. The molecule has 0 aliphatic carbocycles. The molecule has 0 radical (unpaired) electrons. The third-order valence-electron chi connectivity index (χ3n) is 14.5. The first kappa shape index (κ1) is 67.3. The SMILES string of the molecule is CCCCC/C=C\CCCCCCCC(=O)OCCCCCCCCCCCCCCCCCCCCCCC(=O)NC(CO)C(O)/C=C/CCCCCCCCCCCCCCCCCCCC. The first-order chi connectivity index (χ1) is 34.0. The summed E-state index contributed by atoms with van der Waals surface area (Å²) < 4.78 is 5.46. The summed E-state index contributed by atoms with van der Waals surface area (Å²) in [6.45, 7) is 4.90. The van der Waals surface area contributed by atoms with E-state index in [1.807, 2.05) is 6.08 Å². The van der Waals surface area contributed by atoms with E-state index in [4.69, 9.17) is 4.74 Å². The minimum atomic E-state index is -0.846. The van der Waals surface area contributed by atoms with Gasteiger partial charge in [0.25, 0.3) is 0 Å². The van der Waals surface area contributed by atoms with Crippen molar-refractivity contribution in [1.82, 2.24) is 5.32 Å². The van der Waals surface area contributed by atoms with Crippen LogP contribution in [-0.2, 0) is 14.3 Å². The fourth-order valence-electron chi connectivity index (χ4n) is 9.69. The van der Waals surface area contributed by atoms with Crippen molar-refractivity contribution in [3.05, 3.63) is 24.3 Å². The lowest BCUT2D eigenvalue weighted by Crippen LogP contribution is -2.45. The second kappa shape index (κ2) is 58.9. The molecule has 0 fully saturated rings. The van der Waals surface area contributed by atoms with Crippen molar-refractivity contribution >= 4 is 11.9 Å². The highest BCUT2D eigenvalue weighted by atomic mass is 16.5. The van der Waals surface area contributed by atoms with Crippen LogP contribution in [0.4, 0.5) is 0 Å². The summed E-state index contributed by atoms with van der Waals surface area (Å²) in [5.74, 6) is -0.0668. The number of nitrogens with one attached hydrogen (secondary N) is 1. The molecule has 0 saturated carbocycles. The minimum absolute atomic E-state index is 0.000230. The molecule has 0 rings (SSSR count). The van der Waals surface area contributed by atoms with Gasteiger partial charge in [-0.25, -0.2) is 0 Å². The molecule has 2 unspecified atom stereocenters. The average Bonchev–Trinajstić information content (AvgIpc) is 3.35. The summed E-state index contributed by atoms with van der Waals surface area (Å²) in [5, 5.41) is 23.2. The van der Waals surface area contributed by atoms with E-state index in [0.717, 1.165) is 44.9 Å². The van der Waals surface area contributed by atoms with Crippen molar-refractivity contribution in [1.29, 1.82) is 0 Å². The number of unbranched alkanes of at least 4 members (excludes halogenated alkanes) is 45. The summed E-state index contributed by atoms with van der Waals surface area (Å²) in [7, 11) is 0. The number of carbonyl (C=O) groups is 2. The molecule has 1 amide bonds. The third-order valence-corrected chi connectivity index (χ3v) is 14.5. The number of esters is 1. The number of aliphatic hydroxyl groups is 2. The van der Waals surface area contributed by atoms with Crippen molar-refractivity contribution in [2.45, 2.75) is 353 Å². The molecule has 0 aromatic heterocycles. The van der Waals surface area contributed by atoms with Gasteiger partial charge in [-0.05, 0) is 57.8 Å². The predicted octanol–water partition coefficient (Wildman–Crippen LogP) is 19.4. The molecular formula is C63H121NO5. The standard InChI is InChI=1S/C63H121NO5/c1-3-5-7-9-11-13-15-17-18-19-20-23-26-29-32-35-39-43-47-51-55-61(66)60(59-65)64-62(67)56-52-48-44-40-36-33-30-27-24-21-22-25-28-31-34-38-42-46-50-54-58-69-63(68)57-53-49-45-41-37-16-14-12-10-8-6-4-2/h12,14,51,55,60-61,65-66H,3-11,13,15-50,52-54,56-59H2,1-2H3,(H,64,67)/b14-12-,55-51+. The van der Waals surface area contributed by atoms with Gasteiger partial charge in [-0.2, -0.15) is 0 Å². The van der Waals surface area contributed by atoms with E-state index in [1.54, 1.807) is 6.08 Å². The lowest BCUT2D eigenvalue weighted by Gasteiger charge is -2.20. The summed E-state index contributed by atoms with van der Waals surface area (Å²) in [6.07, 6.45) is 72.1. The van der Waals surface area contributed by atoms with E-state index >= 15 is 0 Å². The third kappa shape index (κ3) is 55.5. The molecule has 0 aliphatic rings. The molecule has 3 N–H and O–H groups in total. The maximum Gasteiger partial charge on any atom is 0.305 e. The first-order valence-corrected chi connectivity index (χ1v) is 31.1. The molecular weight excluding hydrogens is 851 g/mol. The second-order valence-electron chi connectivity index (χ2n) is 21.4. The van der Waals surface area contributed by atoms with Crippen molar-refractivity contribution < 1.29 is 24.5 Å². The Labute approximate surface area is 431 Å². The Balaban J connectivity index is 3.43. The average molecular weight is 973 g/mol. The Morgan fingerprint density at radius 3 is 1.06 bits per heavy atom. The Morgan fingerprint density at radius 2 is 0.681 bits per heavy atom. The zero-order valence-electron chi connectivity index (χ0n) is 46.6. The molecule has 69 heavy (non-hydrogen) atoms. The molecule has 0 aromatic rings. The van der Waals surface area contributed by atoms with E-state index < -0.39 is 12.1 Å². The van der Waals surface area contributed by atoms with Crippen LogP contribution in [-0.4, -0.2) is 47.4 Å². The largest absolute Gasteiger partial charge is 0.466 e. The number of hydrogen-bond acceptors (Lipinski definition) is 5. The quantitative estimate of drug-likeness (QED) is 0.0321. The zero-order chi connectivity index (χ0) is 50.0. The second-order valence-corrected chi connectivity index (χ2v) is 21.4. The number of rotatable bonds is 58. The molecule has 0 bridgehead atoms. The first-order valence-electron chi connectivity index (χ1n) is 31.1. The topological polar surface area (TPSA) is 95.9 Å². The Morgan fingerprint density at radius 1 is 0.391 bits per heavy atom. The van der Waals surface area contributed by atoms with Crippen LogP contribution in [0.5, 0.6) is 0 Å². The molecule has 408 valence electrons. The number of amides is 1. The van der Waals surface area contributed by atoms with E-state index in [9.17, 15) is 19.8 Å². The maximum atomic E-state index is 12.5. The van der Waals surface area contributed by atoms with Gasteiger partial charge in [-0.3, -0.25) is 9.59 Å². The van der Waals surface area contributed by atoms with Crippen LogP contribution in [0.1, 0.15) is 341 Å². The van der Waals surface area contributed by atoms with Crippen molar-refractivity contribution in [3.63, 3.8) is 0 Å². The fourth-order valence-corrected chi connectivity index (χ4v) is 9.69. The number of carbonyl (C=O) groups excluding carboxylic acids is 2. The van der Waals surface area contributed by atoms with Gasteiger partial charge in [0.2, 0.25) is 5.91 Å². The Kier molecular flexibility index (Phi) is 57.5. The normalized spacial score (nSPS) is 12.7. The molecule has 0 saturated heterocycles. The van der Waals surface area contributed by atoms with E-state index in [1.165, 1.54) is 270 Å². The van der Waals surface area contributed by atoms with Crippen LogP contribution >= 0.6 is 0 Å². The Bertz CT molecular complexity index is 1080. The summed E-state index contributed by atoms with van der Waals surface area (Å²) in [4.78, 5) is 24.5. The van der Waals surface area contributed by atoms with Crippen LogP contribution in [0.15, 0.2) is 24.3 Å².